The van der Waals surface area contributed by atoms with E-state index in [0.717, 1.165) is 11.8 Å². The summed E-state index contributed by atoms with van der Waals surface area (Å²) in [5, 5.41) is 2.84. The van der Waals surface area contributed by atoms with Crippen LogP contribution in [0.2, 0.25) is 0 Å². The molecule has 1 aliphatic heterocycles. The molecule has 0 aromatic heterocycles. The minimum Gasteiger partial charge on any atom is -0.354 e. The standard InChI is InChI=1S/C14H20N2O2/c17-10-3-5-16(6-4-15-10)14(18)13-11-8-1-2-9(7-8)12(11)13/h8-9,11-13H,1-7H2,(H,15,17)/t8-,9-,11-,12-/m0/s1. The van der Waals surface area contributed by atoms with Crippen LogP contribution in [0.3, 0.4) is 0 Å². The zero-order valence-electron chi connectivity index (χ0n) is 10.6. The van der Waals surface area contributed by atoms with Crippen molar-refractivity contribution in [3.8, 4) is 0 Å². The van der Waals surface area contributed by atoms with Crippen LogP contribution < -0.4 is 5.32 Å². The van der Waals surface area contributed by atoms with Crippen LogP contribution in [0.4, 0.5) is 0 Å². The molecule has 3 aliphatic carbocycles. The lowest BCUT2D eigenvalue weighted by atomic mass is 10.0. The van der Waals surface area contributed by atoms with Crippen LogP contribution in [0.1, 0.15) is 25.7 Å². The quantitative estimate of drug-likeness (QED) is 0.740. The molecule has 4 aliphatic rings. The van der Waals surface area contributed by atoms with E-state index < -0.39 is 0 Å². The van der Waals surface area contributed by atoms with Crippen LogP contribution in [0.25, 0.3) is 0 Å². The predicted molar refractivity (Wildman–Crippen MR) is 65.5 cm³/mol. The van der Waals surface area contributed by atoms with Crippen LogP contribution >= 0.6 is 0 Å². The Morgan fingerprint density at radius 1 is 1.17 bits per heavy atom. The number of nitrogens with zero attached hydrogens (tertiary/aromatic N) is 1. The van der Waals surface area contributed by atoms with Crippen molar-refractivity contribution >= 4 is 11.8 Å². The fourth-order valence-electron chi connectivity index (χ4n) is 4.85. The summed E-state index contributed by atoms with van der Waals surface area (Å²) in [6, 6.07) is 0. The molecule has 18 heavy (non-hydrogen) atoms. The Morgan fingerprint density at radius 2 is 1.89 bits per heavy atom. The molecule has 0 aromatic rings. The van der Waals surface area contributed by atoms with Crippen molar-refractivity contribution in [3.05, 3.63) is 0 Å². The summed E-state index contributed by atoms with van der Waals surface area (Å²) in [6.45, 7) is 1.95. The average Bonchev–Trinajstić information content (AvgIpc) is 2.91. The van der Waals surface area contributed by atoms with E-state index in [4.69, 9.17) is 0 Å². The number of rotatable bonds is 1. The predicted octanol–water partition coefficient (Wildman–Crippen LogP) is 0.627. The normalized spacial score (nSPS) is 45.4. The number of carbonyl (C=O) groups excluding carboxylic acids is 2. The molecule has 1 saturated heterocycles. The second-order valence-electron chi connectivity index (χ2n) is 6.44. The molecule has 0 aromatic carbocycles. The van der Waals surface area contributed by atoms with E-state index in [1.54, 1.807) is 0 Å². The lowest BCUT2D eigenvalue weighted by molar-refractivity contribution is -0.133. The summed E-state index contributed by atoms with van der Waals surface area (Å²) in [6.07, 6.45) is 4.57. The molecule has 98 valence electrons. The minimum absolute atomic E-state index is 0.0846. The number of nitrogens with one attached hydrogen (secondary N) is 1. The van der Waals surface area contributed by atoms with E-state index in [2.05, 4.69) is 5.32 Å². The summed E-state index contributed by atoms with van der Waals surface area (Å²) in [7, 11) is 0. The fourth-order valence-corrected chi connectivity index (χ4v) is 4.85. The Morgan fingerprint density at radius 3 is 2.61 bits per heavy atom. The van der Waals surface area contributed by atoms with E-state index in [1.807, 2.05) is 4.90 Å². The van der Waals surface area contributed by atoms with E-state index in [9.17, 15) is 9.59 Å². The maximum atomic E-state index is 12.5. The van der Waals surface area contributed by atoms with Crippen molar-refractivity contribution in [1.29, 1.82) is 0 Å². The summed E-state index contributed by atoms with van der Waals surface area (Å²) < 4.78 is 0. The Hall–Kier alpha value is -1.06. The zero-order chi connectivity index (χ0) is 12.3. The molecular formula is C14H20N2O2. The van der Waals surface area contributed by atoms with Gasteiger partial charge >= 0.3 is 0 Å². The smallest absolute Gasteiger partial charge is 0.226 e. The Balaban J connectivity index is 1.44. The molecule has 3 saturated carbocycles. The largest absolute Gasteiger partial charge is 0.354 e. The maximum absolute atomic E-state index is 12.5. The first kappa shape index (κ1) is 10.8. The van der Waals surface area contributed by atoms with E-state index in [1.165, 1.54) is 19.3 Å². The molecule has 1 heterocycles. The average molecular weight is 248 g/mol. The van der Waals surface area contributed by atoms with Crippen LogP contribution in [0, 0.1) is 29.6 Å². The number of amides is 2. The van der Waals surface area contributed by atoms with E-state index in [-0.39, 0.29) is 5.91 Å². The van der Waals surface area contributed by atoms with Crippen LogP contribution in [-0.2, 0) is 9.59 Å². The van der Waals surface area contributed by atoms with Gasteiger partial charge in [-0.2, -0.15) is 0 Å². The third-order valence-electron chi connectivity index (χ3n) is 5.64. The van der Waals surface area contributed by atoms with E-state index in [0.29, 0.717) is 49.7 Å². The monoisotopic (exact) mass is 248 g/mol. The second-order valence-corrected chi connectivity index (χ2v) is 6.44. The van der Waals surface area contributed by atoms with Gasteiger partial charge in [0.15, 0.2) is 0 Å². The van der Waals surface area contributed by atoms with Crippen LogP contribution in [0.15, 0.2) is 0 Å². The molecule has 1 N–H and O–H groups in total. The zero-order valence-corrected chi connectivity index (χ0v) is 10.6. The number of carbonyl (C=O) groups is 2. The van der Waals surface area contributed by atoms with Crippen molar-refractivity contribution in [2.75, 3.05) is 19.6 Å². The van der Waals surface area contributed by atoms with Crippen molar-refractivity contribution in [2.24, 2.45) is 29.6 Å². The summed E-state index contributed by atoms with van der Waals surface area (Å²) in [5.74, 6) is 3.87. The first-order valence-electron chi connectivity index (χ1n) is 7.31. The molecule has 4 heteroatoms. The Bertz CT molecular complexity index is 393. The fraction of sp³-hybridized carbons (Fsp3) is 0.857. The van der Waals surface area contributed by atoms with Gasteiger partial charge in [0.05, 0.1) is 0 Å². The number of fused-ring (bicyclic) bond motifs is 5. The second kappa shape index (κ2) is 3.72. The summed E-state index contributed by atoms with van der Waals surface area (Å²) in [5.41, 5.74) is 0. The van der Waals surface area contributed by atoms with Gasteiger partial charge in [-0.15, -0.1) is 0 Å². The third kappa shape index (κ3) is 1.44. The highest BCUT2D eigenvalue weighted by atomic mass is 16.2. The van der Waals surface area contributed by atoms with E-state index >= 15 is 0 Å². The number of hydrogen-bond donors (Lipinski definition) is 1. The minimum atomic E-state index is 0.0846. The van der Waals surface area contributed by atoms with Crippen LogP contribution in [-0.4, -0.2) is 36.3 Å². The molecule has 4 rings (SSSR count). The molecule has 0 radical (unpaired) electrons. The summed E-state index contributed by atoms with van der Waals surface area (Å²) >= 11 is 0. The van der Waals surface area contributed by atoms with Gasteiger partial charge in [-0.25, -0.2) is 0 Å². The van der Waals surface area contributed by atoms with Gasteiger partial charge in [-0.1, -0.05) is 0 Å². The highest BCUT2D eigenvalue weighted by Crippen LogP contribution is 2.69. The SMILES string of the molecule is O=C1CCN(C(=O)C2[C@H]3[C@H]4CC[C@@H](C4)[C@H]23)CCN1. The maximum Gasteiger partial charge on any atom is 0.226 e. The molecule has 4 atom stereocenters. The lowest BCUT2D eigenvalue weighted by Gasteiger charge is -2.21. The van der Waals surface area contributed by atoms with Crippen molar-refractivity contribution in [1.82, 2.24) is 10.2 Å². The highest BCUT2D eigenvalue weighted by Gasteiger charge is 2.67. The van der Waals surface area contributed by atoms with Gasteiger partial charge in [0.1, 0.15) is 0 Å². The summed E-state index contributed by atoms with van der Waals surface area (Å²) in [4.78, 5) is 25.8. The molecule has 2 amide bonds. The molecular weight excluding hydrogens is 228 g/mol. The van der Waals surface area contributed by atoms with Crippen molar-refractivity contribution in [3.63, 3.8) is 0 Å². The first-order valence-corrected chi connectivity index (χ1v) is 7.31. The number of hydrogen-bond acceptors (Lipinski definition) is 2. The molecule has 4 fully saturated rings. The van der Waals surface area contributed by atoms with Gasteiger partial charge in [-0.3, -0.25) is 9.59 Å². The Kier molecular flexibility index (Phi) is 2.24. The topological polar surface area (TPSA) is 49.4 Å². The van der Waals surface area contributed by atoms with Crippen molar-refractivity contribution < 1.29 is 9.59 Å². The van der Waals surface area contributed by atoms with Gasteiger partial charge in [-0.05, 0) is 42.9 Å². The van der Waals surface area contributed by atoms with Gasteiger partial charge in [0, 0.05) is 32.0 Å². The lowest BCUT2D eigenvalue weighted by Crippen LogP contribution is -2.36. The molecule has 4 nitrogen and oxygen atoms in total. The van der Waals surface area contributed by atoms with Gasteiger partial charge in [0.2, 0.25) is 11.8 Å². The van der Waals surface area contributed by atoms with Crippen LogP contribution in [0.5, 0.6) is 0 Å². The Labute approximate surface area is 107 Å². The third-order valence-corrected chi connectivity index (χ3v) is 5.64. The van der Waals surface area contributed by atoms with Crippen molar-refractivity contribution in [2.45, 2.75) is 25.7 Å². The molecule has 2 bridgehead atoms. The first-order chi connectivity index (χ1) is 8.75. The molecule has 0 spiro atoms. The van der Waals surface area contributed by atoms with Gasteiger partial charge < -0.3 is 10.2 Å². The molecule has 0 unspecified atom stereocenters. The highest BCUT2D eigenvalue weighted by molar-refractivity contribution is 5.84. The van der Waals surface area contributed by atoms with Gasteiger partial charge in [0.25, 0.3) is 0 Å².